The molecule has 1 aromatic carbocycles. The summed E-state index contributed by atoms with van der Waals surface area (Å²) < 4.78 is 40.3. The lowest BCUT2D eigenvalue weighted by atomic mass is 10.2. The van der Waals surface area contributed by atoms with Crippen molar-refractivity contribution < 1.29 is 12.8 Å². The topological polar surface area (TPSA) is 85.1 Å². The molecular weight excluding hydrogens is 317 g/mol. The highest BCUT2D eigenvalue weighted by Gasteiger charge is 2.23. The van der Waals surface area contributed by atoms with Crippen molar-refractivity contribution in [3.8, 4) is 0 Å². The molecule has 2 aromatic rings. The summed E-state index contributed by atoms with van der Waals surface area (Å²) in [6, 6.07) is 6.45. The first-order valence-corrected chi connectivity index (χ1v) is 7.85. The van der Waals surface area contributed by atoms with E-state index in [-0.39, 0.29) is 15.6 Å². The van der Waals surface area contributed by atoms with E-state index >= 15 is 0 Å². The molecule has 8 heteroatoms. The van der Waals surface area contributed by atoms with Gasteiger partial charge in [0.2, 0.25) is 10.0 Å². The minimum absolute atomic E-state index is 0.234. The Morgan fingerprint density at radius 2 is 2.10 bits per heavy atom. The van der Waals surface area contributed by atoms with Gasteiger partial charge >= 0.3 is 0 Å². The third-order valence-corrected chi connectivity index (χ3v) is 4.81. The smallest absolute Gasteiger partial charge is 0.242 e. The predicted molar refractivity (Wildman–Crippen MR) is 78.8 cm³/mol. The minimum atomic E-state index is -3.95. The van der Waals surface area contributed by atoms with Crippen molar-refractivity contribution in [1.29, 1.82) is 0 Å². The summed E-state index contributed by atoms with van der Waals surface area (Å²) in [6.07, 6.45) is 1.56. The number of pyridine rings is 1. The molecule has 0 saturated carbocycles. The lowest BCUT2D eigenvalue weighted by molar-refractivity contribution is 0.563. The van der Waals surface area contributed by atoms with Gasteiger partial charge in [-0.3, -0.25) is 4.98 Å². The highest BCUT2D eigenvalue weighted by Crippen LogP contribution is 2.27. The Morgan fingerprint density at radius 3 is 2.71 bits per heavy atom. The standard InChI is InChI=1S/C13H13ClFN3O2S/c1-8(12-4-2-3-5-17-12)18-21(19,20)13-7-11(16)10(15)6-9(13)14/h2-8,18H,16H2,1H3. The van der Waals surface area contributed by atoms with E-state index in [1.807, 2.05) is 0 Å². The van der Waals surface area contributed by atoms with Gasteiger partial charge in [-0.25, -0.2) is 17.5 Å². The first kappa shape index (κ1) is 15.7. The van der Waals surface area contributed by atoms with Gasteiger partial charge in [-0.2, -0.15) is 0 Å². The van der Waals surface area contributed by atoms with E-state index in [2.05, 4.69) is 9.71 Å². The number of aromatic nitrogens is 1. The Kier molecular flexibility index (Phi) is 4.46. The number of nitrogens with zero attached hydrogens (tertiary/aromatic N) is 1. The second-order valence-electron chi connectivity index (χ2n) is 4.40. The molecule has 0 fully saturated rings. The van der Waals surface area contributed by atoms with E-state index in [1.165, 1.54) is 0 Å². The van der Waals surface area contributed by atoms with Crippen LogP contribution in [0.2, 0.25) is 5.02 Å². The third-order valence-electron chi connectivity index (χ3n) is 2.80. The molecule has 1 heterocycles. The van der Waals surface area contributed by atoms with Crippen LogP contribution >= 0.6 is 11.6 Å². The van der Waals surface area contributed by atoms with E-state index in [9.17, 15) is 12.8 Å². The van der Waals surface area contributed by atoms with Crippen molar-refractivity contribution in [2.24, 2.45) is 0 Å². The summed E-state index contributed by atoms with van der Waals surface area (Å²) in [7, 11) is -3.95. The summed E-state index contributed by atoms with van der Waals surface area (Å²) in [5.41, 5.74) is 5.65. The molecule has 0 amide bonds. The molecule has 0 bridgehead atoms. The van der Waals surface area contributed by atoms with Crippen molar-refractivity contribution in [3.63, 3.8) is 0 Å². The number of hydrogen-bond donors (Lipinski definition) is 2. The highest BCUT2D eigenvalue weighted by molar-refractivity contribution is 7.89. The molecule has 1 unspecified atom stereocenters. The molecule has 0 spiro atoms. The average Bonchev–Trinajstić information content (AvgIpc) is 2.43. The van der Waals surface area contributed by atoms with Gasteiger partial charge in [-0.1, -0.05) is 17.7 Å². The molecule has 5 nitrogen and oxygen atoms in total. The van der Waals surface area contributed by atoms with Crippen LogP contribution in [0.3, 0.4) is 0 Å². The molecule has 21 heavy (non-hydrogen) atoms. The molecule has 0 radical (unpaired) electrons. The van der Waals surface area contributed by atoms with Gasteiger partial charge in [-0.15, -0.1) is 0 Å². The Labute approximate surface area is 127 Å². The van der Waals surface area contributed by atoms with Crippen LogP contribution in [0.4, 0.5) is 10.1 Å². The molecular formula is C13H13ClFN3O2S. The number of rotatable bonds is 4. The summed E-state index contributed by atoms with van der Waals surface area (Å²) in [6.45, 7) is 1.64. The number of nitrogen functional groups attached to an aromatic ring is 1. The molecule has 0 saturated heterocycles. The molecule has 1 atom stereocenters. The fourth-order valence-corrected chi connectivity index (χ4v) is 3.51. The molecule has 0 aliphatic carbocycles. The van der Waals surface area contributed by atoms with E-state index < -0.39 is 21.9 Å². The van der Waals surface area contributed by atoms with Crippen LogP contribution in [0.15, 0.2) is 41.4 Å². The zero-order chi connectivity index (χ0) is 15.6. The van der Waals surface area contributed by atoms with Crippen LogP contribution in [-0.2, 0) is 10.0 Å². The molecule has 3 N–H and O–H groups in total. The summed E-state index contributed by atoms with van der Waals surface area (Å²) in [5, 5.41) is -0.234. The largest absolute Gasteiger partial charge is 0.396 e. The summed E-state index contributed by atoms with van der Waals surface area (Å²) >= 11 is 5.79. The van der Waals surface area contributed by atoms with E-state index in [0.717, 1.165) is 12.1 Å². The van der Waals surface area contributed by atoms with Gasteiger partial charge in [0.15, 0.2) is 0 Å². The first-order chi connectivity index (χ1) is 9.81. The maximum atomic E-state index is 13.2. The van der Waals surface area contributed by atoms with Gasteiger partial charge < -0.3 is 5.73 Å². The fraction of sp³-hybridized carbons (Fsp3) is 0.154. The SMILES string of the molecule is CC(NS(=O)(=O)c1cc(N)c(F)cc1Cl)c1ccccn1. The number of sulfonamides is 1. The van der Waals surface area contributed by atoms with Crippen molar-refractivity contribution in [3.05, 3.63) is 53.1 Å². The number of anilines is 1. The zero-order valence-corrected chi connectivity index (χ0v) is 12.6. The van der Waals surface area contributed by atoms with Gasteiger partial charge in [0, 0.05) is 6.20 Å². The highest BCUT2D eigenvalue weighted by atomic mass is 35.5. The van der Waals surface area contributed by atoms with Gasteiger partial charge in [0.25, 0.3) is 0 Å². The monoisotopic (exact) mass is 329 g/mol. The number of benzene rings is 1. The van der Waals surface area contributed by atoms with Gasteiger partial charge in [0.05, 0.1) is 22.4 Å². The Hall–Kier alpha value is -1.70. The first-order valence-electron chi connectivity index (χ1n) is 5.99. The number of nitrogens with one attached hydrogen (secondary N) is 1. The minimum Gasteiger partial charge on any atom is -0.396 e. The van der Waals surface area contributed by atoms with Gasteiger partial charge in [0.1, 0.15) is 10.7 Å². The summed E-state index contributed by atoms with van der Waals surface area (Å²) in [4.78, 5) is 3.79. The van der Waals surface area contributed by atoms with E-state index in [1.54, 1.807) is 31.3 Å². The number of halogens is 2. The van der Waals surface area contributed by atoms with Crippen molar-refractivity contribution >= 4 is 27.3 Å². The predicted octanol–water partition coefficient (Wildman–Crippen LogP) is 2.50. The van der Waals surface area contributed by atoms with Crippen LogP contribution in [0.5, 0.6) is 0 Å². The number of nitrogens with two attached hydrogens (primary N) is 1. The Morgan fingerprint density at radius 1 is 1.38 bits per heavy atom. The number of hydrogen-bond acceptors (Lipinski definition) is 4. The zero-order valence-electron chi connectivity index (χ0n) is 11.0. The lowest BCUT2D eigenvalue weighted by Gasteiger charge is -2.15. The Balaban J connectivity index is 2.33. The van der Waals surface area contributed by atoms with E-state index in [4.69, 9.17) is 17.3 Å². The fourth-order valence-electron chi connectivity index (χ4n) is 1.74. The molecule has 2 rings (SSSR count). The van der Waals surface area contributed by atoms with Crippen molar-refractivity contribution in [2.75, 3.05) is 5.73 Å². The second-order valence-corrected chi connectivity index (χ2v) is 6.49. The maximum absolute atomic E-state index is 13.2. The molecule has 0 aliphatic rings. The van der Waals surface area contributed by atoms with Gasteiger partial charge in [-0.05, 0) is 31.2 Å². The van der Waals surface area contributed by atoms with Crippen LogP contribution < -0.4 is 10.5 Å². The average molecular weight is 330 g/mol. The van der Waals surface area contributed by atoms with Crippen molar-refractivity contribution in [1.82, 2.24) is 9.71 Å². The molecule has 0 aliphatic heterocycles. The normalized spacial score (nSPS) is 13.1. The Bertz CT molecular complexity index is 754. The quantitative estimate of drug-likeness (QED) is 0.844. The molecule has 112 valence electrons. The second kappa shape index (κ2) is 5.97. The van der Waals surface area contributed by atoms with Crippen LogP contribution in [0.25, 0.3) is 0 Å². The molecule has 1 aromatic heterocycles. The maximum Gasteiger partial charge on any atom is 0.242 e. The van der Waals surface area contributed by atoms with Crippen LogP contribution in [0.1, 0.15) is 18.7 Å². The van der Waals surface area contributed by atoms with Crippen LogP contribution in [-0.4, -0.2) is 13.4 Å². The summed E-state index contributed by atoms with van der Waals surface area (Å²) in [5.74, 6) is -0.767. The van der Waals surface area contributed by atoms with E-state index in [0.29, 0.717) is 5.69 Å². The van der Waals surface area contributed by atoms with Crippen molar-refractivity contribution in [2.45, 2.75) is 17.9 Å². The lowest BCUT2D eigenvalue weighted by Crippen LogP contribution is -2.27. The van der Waals surface area contributed by atoms with Crippen LogP contribution in [0, 0.1) is 5.82 Å². The third kappa shape index (κ3) is 3.49.